The molecule has 0 aromatic heterocycles. The fourth-order valence-corrected chi connectivity index (χ4v) is 4.91. The highest BCUT2D eigenvalue weighted by atomic mass is 35.5. The molecule has 0 heterocycles. The summed E-state index contributed by atoms with van der Waals surface area (Å²) in [5.74, 6) is 1.40. The largest absolute Gasteiger partial charge is 0.495 e. The molecule has 0 radical (unpaired) electrons. The molecule has 10 heteroatoms. The van der Waals surface area contributed by atoms with Crippen LogP contribution in [0.25, 0.3) is 0 Å². The number of halogens is 1. The predicted octanol–water partition coefficient (Wildman–Crippen LogP) is 6.51. The first kappa shape index (κ1) is 26.8. The van der Waals surface area contributed by atoms with Crippen LogP contribution in [0.2, 0.25) is 5.02 Å². The van der Waals surface area contributed by atoms with Crippen molar-refractivity contribution < 1.29 is 27.4 Å². The van der Waals surface area contributed by atoms with Gasteiger partial charge in [0.1, 0.15) is 23.0 Å². The van der Waals surface area contributed by atoms with E-state index in [-0.39, 0.29) is 26.9 Å². The fraction of sp³-hybridized carbons (Fsp3) is 0.107. The zero-order chi connectivity index (χ0) is 27.3. The Balaban J connectivity index is 1.52. The van der Waals surface area contributed by atoms with E-state index in [0.717, 1.165) is 0 Å². The molecule has 0 unspecified atom stereocenters. The number of carbonyl (C=O) groups is 1. The molecule has 4 rings (SSSR count). The SMILES string of the molecule is COc1cc(OC)c(NS(=O)(=O)c2ccc(C)c(C(=O)Nc3ccc(Oc4ccccc4)cc3)c2)cc1Cl. The van der Waals surface area contributed by atoms with Crippen molar-refractivity contribution in [1.29, 1.82) is 0 Å². The molecule has 8 nitrogen and oxygen atoms in total. The summed E-state index contributed by atoms with van der Waals surface area (Å²) in [5, 5.41) is 3.00. The van der Waals surface area contributed by atoms with Crippen LogP contribution in [-0.4, -0.2) is 28.5 Å². The van der Waals surface area contributed by atoms with Crippen LogP contribution in [-0.2, 0) is 10.0 Å². The number of methoxy groups -OCH3 is 2. The number of sulfonamides is 1. The van der Waals surface area contributed by atoms with E-state index in [1.807, 2.05) is 30.3 Å². The van der Waals surface area contributed by atoms with Crippen LogP contribution in [0.15, 0.2) is 89.8 Å². The van der Waals surface area contributed by atoms with Crippen LogP contribution in [0.1, 0.15) is 15.9 Å². The lowest BCUT2D eigenvalue weighted by atomic mass is 10.1. The molecule has 0 aliphatic carbocycles. The highest BCUT2D eigenvalue weighted by Crippen LogP contribution is 2.37. The number of aryl methyl sites for hydroxylation is 1. The molecule has 0 fully saturated rings. The second kappa shape index (κ2) is 11.5. The lowest BCUT2D eigenvalue weighted by Gasteiger charge is -2.15. The molecule has 0 saturated carbocycles. The Morgan fingerprint density at radius 2 is 1.47 bits per heavy atom. The third-order valence-corrected chi connectivity index (χ3v) is 7.23. The lowest BCUT2D eigenvalue weighted by molar-refractivity contribution is 0.102. The second-order valence-corrected chi connectivity index (χ2v) is 10.3. The third kappa shape index (κ3) is 6.19. The Morgan fingerprint density at radius 3 is 2.13 bits per heavy atom. The number of carbonyl (C=O) groups excluding carboxylic acids is 1. The summed E-state index contributed by atoms with van der Waals surface area (Å²) in [6.07, 6.45) is 0. The topological polar surface area (TPSA) is 103 Å². The summed E-state index contributed by atoms with van der Waals surface area (Å²) in [4.78, 5) is 13.0. The molecule has 0 spiro atoms. The number of amides is 1. The second-order valence-electron chi connectivity index (χ2n) is 8.16. The number of ether oxygens (including phenoxy) is 3. The van der Waals surface area contributed by atoms with Crippen molar-refractivity contribution >= 4 is 38.9 Å². The third-order valence-electron chi connectivity index (χ3n) is 5.57. The molecular weight excluding hydrogens is 528 g/mol. The molecule has 4 aromatic carbocycles. The first-order chi connectivity index (χ1) is 18.2. The Labute approximate surface area is 226 Å². The van der Waals surface area contributed by atoms with E-state index < -0.39 is 15.9 Å². The van der Waals surface area contributed by atoms with E-state index in [1.165, 1.54) is 38.5 Å². The highest BCUT2D eigenvalue weighted by molar-refractivity contribution is 7.92. The van der Waals surface area contributed by atoms with Crippen molar-refractivity contribution in [3.63, 3.8) is 0 Å². The minimum atomic E-state index is -4.09. The van der Waals surface area contributed by atoms with Gasteiger partial charge in [0.2, 0.25) is 0 Å². The number of rotatable bonds is 9. The number of anilines is 2. The molecular formula is C28H25ClN2O6S. The predicted molar refractivity (Wildman–Crippen MR) is 147 cm³/mol. The van der Waals surface area contributed by atoms with Gasteiger partial charge in [-0.25, -0.2) is 8.42 Å². The van der Waals surface area contributed by atoms with Gasteiger partial charge in [0, 0.05) is 17.3 Å². The van der Waals surface area contributed by atoms with Crippen LogP contribution in [0.5, 0.6) is 23.0 Å². The summed E-state index contributed by atoms with van der Waals surface area (Å²) in [5.41, 5.74) is 1.47. The summed E-state index contributed by atoms with van der Waals surface area (Å²) in [6.45, 7) is 1.72. The van der Waals surface area contributed by atoms with Crippen molar-refractivity contribution in [1.82, 2.24) is 0 Å². The molecule has 38 heavy (non-hydrogen) atoms. The van der Waals surface area contributed by atoms with Gasteiger partial charge in [0.05, 0.1) is 29.8 Å². The Bertz CT molecular complexity index is 1560. The van der Waals surface area contributed by atoms with Crippen molar-refractivity contribution in [3.05, 3.63) is 101 Å². The molecule has 0 atom stereocenters. The lowest BCUT2D eigenvalue weighted by Crippen LogP contribution is -2.17. The zero-order valence-electron chi connectivity index (χ0n) is 20.8. The monoisotopic (exact) mass is 552 g/mol. The Kier molecular flexibility index (Phi) is 8.09. The molecule has 2 N–H and O–H groups in total. The van der Waals surface area contributed by atoms with Crippen LogP contribution in [0.4, 0.5) is 11.4 Å². The van der Waals surface area contributed by atoms with E-state index in [0.29, 0.717) is 28.5 Å². The van der Waals surface area contributed by atoms with Gasteiger partial charge >= 0.3 is 0 Å². The van der Waals surface area contributed by atoms with Crippen molar-refractivity contribution in [3.8, 4) is 23.0 Å². The van der Waals surface area contributed by atoms with Crippen LogP contribution >= 0.6 is 11.6 Å². The van der Waals surface area contributed by atoms with Crippen LogP contribution < -0.4 is 24.2 Å². The van der Waals surface area contributed by atoms with E-state index in [9.17, 15) is 13.2 Å². The number of nitrogens with one attached hydrogen (secondary N) is 2. The molecule has 196 valence electrons. The molecule has 1 amide bonds. The van der Waals surface area contributed by atoms with E-state index in [2.05, 4.69) is 10.0 Å². The molecule has 0 bridgehead atoms. The number of benzene rings is 4. The molecule has 0 saturated heterocycles. The highest BCUT2D eigenvalue weighted by Gasteiger charge is 2.21. The fourth-order valence-electron chi connectivity index (χ4n) is 3.59. The Morgan fingerprint density at radius 1 is 0.816 bits per heavy atom. The van der Waals surface area contributed by atoms with Gasteiger partial charge in [-0.05, 0) is 67.1 Å². The van der Waals surface area contributed by atoms with Crippen LogP contribution in [0, 0.1) is 6.92 Å². The number of hydrogen-bond donors (Lipinski definition) is 2. The number of hydrogen-bond acceptors (Lipinski definition) is 6. The average Bonchev–Trinajstić information content (AvgIpc) is 2.90. The number of para-hydroxylation sites is 1. The minimum absolute atomic E-state index is 0.103. The maximum atomic E-state index is 13.2. The summed E-state index contributed by atoms with van der Waals surface area (Å²) >= 11 is 6.17. The summed E-state index contributed by atoms with van der Waals surface area (Å²) < 4.78 is 45.0. The molecule has 4 aromatic rings. The van der Waals surface area contributed by atoms with E-state index >= 15 is 0 Å². The van der Waals surface area contributed by atoms with Crippen LogP contribution in [0.3, 0.4) is 0 Å². The first-order valence-corrected chi connectivity index (χ1v) is 13.3. The van der Waals surface area contributed by atoms with Gasteiger partial charge in [0.25, 0.3) is 15.9 Å². The maximum Gasteiger partial charge on any atom is 0.262 e. The van der Waals surface area contributed by atoms with Crippen molar-refractivity contribution in [2.75, 3.05) is 24.3 Å². The first-order valence-electron chi connectivity index (χ1n) is 11.4. The smallest absolute Gasteiger partial charge is 0.262 e. The van der Waals surface area contributed by atoms with Crippen molar-refractivity contribution in [2.24, 2.45) is 0 Å². The van der Waals surface area contributed by atoms with Gasteiger partial charge < -0.3 is 19.5 Å². The minimum Gasteiger partial charge on any atom is -0.495 e. The Hall–Kier alpha value is -4.21. The standard InChI is InChI=1S/C28H25ClN2O6S/c1-18-9-14-22(38(33,34)31-25-16-24(29)26(35-2)17-27(25)36-3)15-23(18)28(32)30-19-10-12-21(13-11-19)37-20-7-5-4-6-8-20/h4-17,31H,1-3H3,(H,30,32). The van der Waals surface area contributed by atoms with Gasteiger partial charge in [-0.2, -0.15) is 0 Å². The van der Waals surface area contributed by atoms with Gasteiger partial charge in [-0.1, -0.05) is 35.9 Å². The van der Waals surface area contributed by atoms with E-state index in [4.69, 9.17) is 25.8 Å². The summed E-state index contributed by atoms with van der Waals surface area (Å²) in [7, 11) is -1.25. The molecule has 0 aliphatic rings. The van der Waals surface area contributed by atoms with Crippen molar-refractivity contribution in [2.45, 2.75) is 11.8 Å². The molecule has 0 aliphatic heterocycles. The van der Waals surface area contributed by atoms with E-state index in [1.54, 1.807) is 37.3 Å². The quantitative estimate of drug-likeness (QED) is 0.245. The van der Waals surface area contributed by atoms with Gasteiger partial charge in [0.15, 0.2) is 0 Å². The normalized spacial score (nSPS) is 10.9. The maximum absolute atomic E-state index is 13.2. The summed E-state index contributed by atoms with van der Waals surface area (Å²) in [6, 6.07) is 23.4. The van der Waals surface area contributed by atoms with Gasteiger partial charge in [-0.3, -0.25) is 9.52 Å². The zero-order valence-corrected chi connectivity index (χ0v) is 22.4. The van der Waals surface area contributed by atoms with Gasteiger partial charge in [-0.15, -0.1) is 0 Å². The average molecular weight is 553 g/mol.